The Hall–Kier alpha value is -1.46. The molecule has 2 fully saturated rings. The SMILES string of the molecule is O=C(CCN1CCC[C@@]2(CCC[C@H]2O)C1)Nc1cccnc1. The second-order valence-corrected chi connectivity index (χ2v) is 6.69. The largest absolute Gasteiger partial charge is 0.393 e. The third kappa shape index (κ3) is 3.47. The molecule has 1 aromatic rings. The number of aliphatic hydroxyl groups is 1. The number of hydrogen-bond donors (Lipinski definition) is 2. The maximum absolute atomic E-state index is 12.0. The lowest BCUT2D eigenvalue weighted by Crippen LogP contribution is -2.47. The van der Waals surface area contributed by atoms with Crippen LogP contribution in [0.25, 0.3) is 0 Å². The summed E-state index contributed by atoms with van der Waals surface area (Å²) >= 11 is 0. The fourth-order valence-electron chi connectivity index (χ4n) is 3.97. The monoisotopic (exact) mass is 303 g/mol. The Morgan fingerprint density at radius 2 is 2.32 bits per heavy atom. The van der Waals surface area contributed by atoms with E-state index in [0.717, 1.165) is 57.4 Å². The lowest BCUT2D eigenvalue weighted by atomic mass is 9.76. The van der Waals surface area contributed by atoms with Gasteiger partial charge in [-0.25, -0.2) is 0 Å². The van der Waals surface area contributed by atoms with E-state index in [2.05, 4.69) is 15.2 Å². The molecular formula is C17H25N3O2. The highest BCUT2D eigenvalue weighted by Crippen LogP contribution is 2.44. The Bertz CT molecular complexity index is 508. The molecule has 120 valence electrons. The molecule has 2 atom stereocenters. The fraction of sp³-hybridized carbons (Fsp3) is 0.647. The van der Waals surface area contributed by atoms with Gasteiger partial charge in [0.2, 0.25) is 5.91 Å². The van der Waals surface area contributed by atoms with Gasteiger partial charge < -0.3 is 15.3 Å². The fourth-order valence-corrected chi connectivity index (χ4v) is 3.97. The minimum atomic E-state index is -0.153. The average molecular weight is 303 g/mol. The number of piperidine rings is 1. The van der Waals surface area contributed by atoms with E-state index in [1.54, 1.807) is 12.4 Å². The van der Waals surface area contributed by atoms with E-state index in [0.29, 0.717) is 6.42 Å². The molecule has 1 aliphatic carbocycles. The van der Waals surface area contributed by atoms with E-state index in [1.807, 2.05) is 12.1 Å². The molecule has 0 radical (unpaired) electrons. The molecule has 1 aliphatic heterocycles. The highest BCUT2D eigenvalue weighted by atomic mass is 16.3. The molecule has 2 heterocycles. The van der Waals surface area contributed by atoms with Crippen LogP contribution < -0.4 is 5.32 Å². The first kappa shape index (κ1) is 15.4. The number of likely N-dealkylation sites (tertiary alicyclic amines) is 1. The molecule has 5 heteroatoms. The molecule has 2 N–H and O–H groups in total. The minimum Gasteiger partial charge on any atom is -0.393 e. The predicted octanol–water partition coefficient (Wildman–Crippen LogP) is 2.04. The number of anilines is 1. The molecule has 2 aliphatic rings. The van der Waals surface area contributed by atoms with Gasteiger partial charge in [0, 0.05) is 31.1 Å². The van der Waals surface area contributed by atoms with Crippen LogP contribution >= 0.6 is 0 Å². The summed E-state index contributed by atoms with van der Waals surface area (Å²) in [6, 6.07) is 3.65. The molecule has 1 saturated heterocycles. The van der Waals surface area contributed by atoms with Crippen LogP contribution in [0.15, 0.2) is 24.5 Å². The minimum absolute atomic E-state index is 0.0274. The second-order valence-electron chi connectivity index (χ2n) is 6.69. The van der Waals surface area contributed by atoms with Gasteiger partial charge in [0.1, 0.15) is 0 Å². The average Bonchev–Trinajstić information content (AvgIpc) is 2.87. The first-order chi connectivity index (χ1) is 10.7. The summed E-state index contributed by atoms with van der Waals surface area (Å²) in [5, 5.41) is 13.2. The molecule has 0 aromatic carbocycles. The molecule has 1 aromatic heterocycles. The molecule has 0 unspecified atom stereocenters. The summed E-state index contributed by atoms with van der Waals surface area (Å²) in [5.41, 5.74) is 0.840. The van der Waals surface area contributed by atoms with Gasteiger partial charge in [-0.1, -0.05) is 6.42 Å². The van der Waals surface area contributed by atoms with E-state index in [-0.39, 0.29) is 17.4 Å². The van der Waals surface area contributed by atoms with Crippen LogP contribution in [0.4, 0.5) is 5.69 Å². The Morgan fingerprint density at radius 1 is 1.45 bits per heavy atom. The van der Waals surface area contributed by atoms with Crippen LogP contribution in [-0.4, -0.2) is 46.6 Å². The van der Waals surface area contributed by atoms with Crippen molar-refractivity contribution in [3.05, 3.63) is 24.5 Å². The third-order valence-electron chi connectivity index (χ3n) is 5.15. The summed E-state index contributed by atoms with van der Waals surface area (Å²) in [7, 11) is 0. The number of hydrogen-bond acceptors (Lipinski definition) is 4. The smallest absolute Gasteiger partial charge is 0.225 e. The zero-order valence-corrected chi connectivity index (χ0v) is 13.0. The van der Waals surface area contributed by atoms with Crippen molar-refractivity contribution < 1.29 is 9.90 Å². The third-order valence-corrected chi connectivity index (χ3v) is 5.15. The van der Waals surface area contributed by atoms with Crippen LogP contribution in [0.1, 0.15) is 38.5 Å². The van der Waals surface area contributed by atoms with Crippen molar-refractivity contribution >= 4 is 11.6 Å². The molecule has 3 rings (SSSR count). The van der Waals surface area contributed by atoms with Gasteiger partial charge in [-0.05, 0) is 44.4 Å². The lowest BCUT2D eigenvalue weighted by Gasteiger charge is -2.42. The van der Waals surface area contributed by atoms with Gasteiger partial charge in [-0.2, -0.15) is 0 Å². The van der Waals surface area contributed by atoms with E-state index in [9.17, 15) is 9.90 Å². The van der Waals surface area contributed by atoms with E-state index in [1.165, 1.54) is 0 Å². The van der Waals surface area contributed by atoms with Crippen LogP contribution in [-0.2, 0) is 4.79 Å². The summed E-state index contributed by atoms with van der Waals surface area (Å²) in [6.45, 7) is 2.74. The molecule has 1 saturated carbocycles. The number of nitrogens with zero attached hydrogens (tertiary/aromatic N) is 2. The van der Waals surface area contributed by atoms with Gasteiger partial charge in [0.05, 0.1) is 18.0 Å². The van der Waals surface area contributed by atoms with Crippen molar-refractivity contribution in [3.63, 3.8) is 0 Å². The number of rotatable bonds is 4. The molecular weight excluding hydrogens is 278 g/mol. The van der Waals surface area contributed by atoms with Gasteiger partial charge >= 0.3 is 0 Å². The first-order valence-corrected chi connectivity index (χ1v) is 8.28. The predicted molar refractivity (Wildman–Crippen MR) is 85.4 cm³/mol. The maximum atomic E-state index is 12.0. The zero-order chi connectivity index (χ0) is 15.4. The standard InChI is InChI=1S/C17H25N3O2/c21-15-5-1-7-17(15)8-3-10-20(13-17)11-6-16(22)19-14-4-2-9-18-12-14/h2,4,9,12,15,21H,1,3,5-8,10-11,13H2,(H,19,22)/t15-,17+/m1/s1. The van der Waals surface area contributed by atoms with E-state index >= 15 is 0 Å². The Morgan fingerprint density at radius 3 is 3.05 bits per heavy atom. The van der Waals surface area contributed by atoms with Crippen molar-refractivity contribution in [3.8, 4) is 0 Å². The number of carbonyl (C=O) groups excluding carboxylic acids is 1. The Balaban J connectivity index is 1.48. The number of aromatic nitrogens is 1. The van der Waals surface area contributed by atoms with E-state index in [4.69, 9.17) is 0 Å². The van der Waals surface area contributed by atoms with Crippen LogP contribution in [0.3, 0.4) is 0 Å². The summed E-state index contributed by atoms with van der Waals surface area (Å²) in [4.78, 5) is 18.4. The van der Waals surface area contributed by atoms with Crippen LogP contribution in [0, 0.1) is 5.41 Å². The number of amides is 1. The molecule has 1 spiro atoms. The topological polar surface area (TPSA) is 65.5 Å². The Kier molecular flexibility index (Phi) is 4.74. The quantitative estimate of drug-likeness (QED) is 0.893. The van der Waals surface area contributed by atoms with Crippen molar-refractivity contribution in [1.29, 1.82) is 0 Å². The molecule has 1 amide bonds. The van der Waals surface area contributed by atoms with Crippen molar-refractivity contribution in [1.82, 2.24) is 9.88 Å². The van der Waals surface area contributed by atoms with Crippen molar-refractivity contribution in [2.75, 3.05) is 25.0 Å². The first-order valence-electron chi connectivity index (χ1n) is 8.28. The van der Waals surface area contributed by atoms with Gasteiger partial charge in [0.25, 0.3) is 0 Å². The summed E-state index contributed by atoms with van der Waals surface area (Å²) < 4.78 is 0. The normalized spacial score (nSPS) is 28.9. The van der Waals surface area contributed by atoms with Crippen molar-refractivity contribution in [2.45, 2.75) is 44.6 Å². The zero-order valence-electron chi connectivity index (χ0n) is 13.0. The van der Waals surface area contributed by atoms with Crippen LogP contribution in [0.2, 0.25) is 0 Å². The lowest BCUT2D eigenvalue weighted by molar-refractivity contribution is -0.116. The number of carbonyl (C=O) groups is 1. The van der Waals surface area contributed by atoms with E-state index < -0.39 is 0 Å². The van der Waals surface area contributed by atoms with Crippen molar-refractivity contribution in [2.24, 2.45) is 5.41 Å². The number of aliphatic hydroxyl groups excluding tert-OH is 1. The molecule has 0 bridgehead atoms. The maximum Gasteiger partial charge on any atom is 0.225 e. The van der Waals surface area contributed by atoms with Gasteiger partial charge in [0.15, 0.2) is 0 Å². The molecule has 5 nitrogen and oxygen atoms in total. The second kappa shape index (κ2) is 6.75. The summed E-state index contributed by atoms with van der Waals surface area (Å²) in [5.74, 6) is 0.0274. The molecule has 22 heavy (non-hydrogen) atoms. The summed E-state index contributed by atoms with van der Waals surface area (Å²) in [6.07, 6.45) is 9.14. The number of nitrogens with one attached hydrogen (secondary N) is 1. The van der Waals surface area contributed by atoms with Gasteiger partial charge in [-0.3, -0.25) is 9.78 Å². The highest BCUT2D eigenvalue weighted by Gasteiger charge is 2.44. The van der Waals surface area contributed by atoms with Gasteiger partial charge in [-0.15, -0.1) is 0 Å². The number of pyridine rings is 1. The highest BCUT2D eigenvalue weighted by molar-refractivity contribution is 5.90. The van der Waals surface area contributed by atoms with Crippen LogP contribution in [0.5, 0.6) is 0 Å². The Labute approximate surface area is 131 Å².